The number of carbonyl (C=O) groups is 3. The molecule has 1 saturated heterocycles. The van der Waals surface area contributed by atoms with Crippen molar-refractivity contribution < 1.29 is 19.2 Å². The van der Waals surface area contributed by atoms with Crippen molar-refractivity contribution in [3.05, 3.63) is 29.8 Å². The van der Waals surface area contributed by atoms with E-state index >= 15 is 0 Å². The predicted molar refractivity (Wildman–Crippen MR) is 75.8 cm³/mol. The van der Waals surface area contributed by atoms with Crippen molar-refractivity contribution in [1.29, 1.82) is 0 Å². The minimum absolute atomic E-state index is 0.0615. The first-order chi connectivity index (χ1) is 9.47. The van der Waals surface area contributed by atoms with Crippen LogP contribution < -0.4 is 5.19 Å². The lowest BCUT2D eigenvalue weighted by Gasteiger charge is -2.13. The smallest absolute Gasteiger partial charge is 0.330 e. The summed E-state index contributed by atoms with van der Waals surface area (Å²) < 4.78 is 0. The average Bonchev–Trinajstić information content (AvgIpc) is 2.71. The number of imide groups is 1. The van der Waals surface area contributed by atoms with E-state index in [2.05, 4.69) is 19.2 Å². The normalized spacial score (nSPS) is 15.1. The summed E-state index contributed by atoms with van der Waals surface area (Å²) in [5.41, 5.74) is 0.841. The van der Waals surface area contributed by atoms with Crippen LogP contribution in [-0.4, -0.2) is 31.6 Å². The molecule has 0 aliphatic carbocycles. The van der Waals surface area contributed by atoms with Crippen LogP contribution in [0.2, 0.25) is 13.1 Å². The fourth-order valence-corrected chi connectivity index (χ4v) is 3.06. The summed E-state index contributed by atoms with van der Waals surface area (Å²) >= 11 is 0. The Balaban J connectivity index is 1.99. The van der Waals surface area contributed by atoms with E-state index in [9.17, 15) is 14.4 Å². The van der Waals surface area contributed by atoms with E-state index in [0.717, 1.165) is 5.56 Å². The molecule has 1 aromatic carbocycles. The third-order valence-corrected chi connectivity index (χ3v) is 4.86. The predicted octanol–water partition coefficient (Wildman–Crippen LogP) is 0.530. The van der Waals surface area contributed by atoms with Crippen molar-refractivity contribution in [2.24, 2.45) is 0 Å². The second kappa shape index (κ2) is 6.00. The third kappa shape index (κ3) is 3.33. The standard InChI is InChI=1S/C14H17NO4Si/c1-20(2)11-5-3-4-10(8-11)9-14(18)19-15-12(16)6-7-13(15)17/h3-5,8,20H,6-7,9H2,1-2H3. The van der Waals surface area contributed by atoms with Crippen molar-refractivity contribution in [3.8, 4) is 0 Å². The van der Waals surface area contributed by atoms with Crippen molar-refractivity contribution in [1.82, 2.24) is 5.06 Å². The summed E-state index contributed by atoms with van der Waals surface area (Å²) in [6, 6.07) is 7.80. The van der Waals surface area contributed by atoms with Crippen molar-refractivity contribution in [2.45, 2.75) is 32.4 Å². The lowest BCUT2D eigenvalue weighted by molar-refractivity contribution is -0.197. The molecule has 6 heteroatoms. The molecule has 0 N–H and O–H groups in total. The number of amides is 2. The van der Waals surface area contributed by atoms with E-state index in [4.69, 9.17) is 4.84 Å². The van der Waals surface area contributed by atoms with Gasteiger partial charge in [-0.1, -0.05) is 42.5 Å². The van der Waals surface area contributed by atoms with E-state index in [1.807, 2.05) is 18.2 Å². The van der Waals surface area contributed by atoms with Gasteiger partial charge in [0.2, 0.25) is 0 Å². The largest absolute Gasteiger partial charge is 0.337 e. The van der Waals surface area contributed by atoms with Gasteiger partial charge in [-0.25, -0.2) is 4.79 Å². The Morgan fingerprint density at radius 2 is 1.90 bits per heavy atom. The molecule has 0 aromatic heterocycles. The summed E-state index contributed by atoms with van der Waals surface area (Å²) in [4.78, 5) is 39.3. The number of benzene rings is 1. The summed E-state index contributed by atoms with van der Waals surface area (Å²) in [5, 5.41) is 1.85. The van der Waals surface area contributed by atoms with Gasteiger partial charge in [-0.05, 0) is 5.56 Å². The minimum atomic E-state index is -0.924. The van der Waals surface area contributed by atoms with Crippen LogP contribution in [0.5, 0.6) is 0 Å². The van der Waals surface area contributed by atoms with Gasteiger partial charge >= 0.3 is 5.97 Å². The fourth-order valence-electron chi connectivity index (χ4n) is 2.02. The van der Waals surface area contributed by atoms with Gasteiger partial charge < -0.3 is 4.84 Å². The number of rotatable bonds is 4. The zero-order valence-electron chi connectivity index (χ0n) is 11.6. The zero-order chi connectivity index (χ0) is 14.7. The Morgan fingerprint density at radius 3 is 2.50 bits per heavy atom. The van der Waals surface area contributed by atoms with Crippen LogP contribution in [0.25, 0.3) is 0 Å². The Kier molecular flexibility index (Phi) is 4.34. The van der Waals surface area contributed by atoms with E-state index in [1.54, 1.807) is 0 Å². The Labute approximate surface area is 119 Å². The number of nitrogens with zero attached hydrogens (tertiary/aromatic N) is 1. The lowest BCUT2D eigenvalue weighted by Crippen LogP contribution is -2.32. The monoisotopic (exact) mass is 291 g/mol. The fraction of sp³-hybridized carbons (Fsp3) is 0.357. The highest BCUT2D eigenvalue weighted by Crippen LogP contribution is 2.13. The topological polar surface area (TPSA) is 63.7 Å². The van der Waals surface area contributed by atoms with Crippen LogP contribution in [0.4, 0.5) is 0 Å². The number of hydrogen-bond acceptors (Lipinski definition) is 4. The van der Waals surface area contributed by atoms with Crippen LogP contribution in [0.1, 0.15) is 18.4 Å². The molecular weight excluding hydrogens is 274 g/mol. The number of carbonyl (C=O) groups excluding carboxylic acids is 3. The highest BCUT2D eigenvalue weighted by molar-refractivity contribution is 6.70. The molecule has 0 bridgehead atoms. The third-order valence-electron chi connectivity index (χ3n) is 3.17. The quantitative estimate of drug-likeness (QED) is 0.599. The van der Waals surface area contributed by atoms with E-state index in [0.29, 0.717) is 5.06 Å². The highest BCUT2D eigenvalue weighted by Gasteiger charge is 2.32. The molecule has 1 heterocycles. The molecule has 5 nitrogen and oxygen atoms in total. The summed E-state index contributed by atoms with van der Waals surface area (Å²) in [5.74, 6) is -1.49. The Bertz CT molecular complexity index is 540. The van der Waals surface area contributed by atoms with Gasteiger partial charge in [-0.15, -0.1) is 5.06 Å². The number of hydrogen-bond donors (Lipinski definition) is 0. The first-order valence-corrected chi connectivity index (χ1v) is 9.51. The Morgan fingerprint density at radius 1 is 1.25 bits per heavy atom. The molecule has 1 aliphatic rings. The van der Waals surface area contributed by atoms with E-state index < -0.39 is 26.6 Å². The minimum Gasteiger partial charge on any atom is -0.330 e. The maximum absolute atomic E-state index is 11.8. The molecule has 2 rings (SSSR count). The van der Waals surface area contributed by atoms with Crippen LogP contribution in [-0.2, 0) is 25.6 Å². The van der Waals surface area contributed by atoms with Gasteiger partial charge in [0.05, 0.1) is 15.2 Å². The lowest BCUT2D eigenvalue weighted by atomic mass is 10.1. The van der Waals surface area contributed by atoms with Crippen LogP contribution in [0.3, 0.4) is 0 Å². The molecule has 2 amide bonds. The molecule has 20 heavy (non-hydrogen) atoms. The molecule has 0 atom stereocenters. The van der Waals surface area contributed by atoms with Gasteiger partial charge in [0.25, 0.3) is 11.8 Å². The summed E-state index contributed by atoms with van der Waals surface area (Å²) in [6.07, 6.45) is 0.285. The van der Waals surface area contributed by atoms with Crippen LogP contribution in [0.15, 0.2) is 24.3 Å². The second-order valence-electron chi connectivity index (χ2n) is 5.12. The molecule has 0 unspecified atom stereocenters. The van der Waals surface area contributed by atoms with Crippen molar-refractivity contribution >= 4 is 31.8 Å². The van der Waals surface area contributed by atoms with Crippen LogP contribution >= 0.6 is 0 Å². The molecule has 0 saturated carbocycles. The molecule has 1 aliphatic heterocycles. The van der Waals surface area contributed by atoms with Crippen LogP contribution in [0, 0.1) is 0 Å². The van der Waals surface area contributed by atoms with Gasteiger partial charge in [-0.2, -0.15) is 0 Å². The van der Waals surface area contributed by atoms with Gasteiger partial charge in [-0.3, -0.25) is 9.59 Å². The average molecular weight is 291 g/mol. The molecule has 0 radical (unpaired) electrons. The van der Waals surface area contributed by atoms with Gasteiger partial charge in [0, 0.05) is 12.8 Å². The summed E-state index contributed by atoms with van der Waals surface area (Å²) in [6.45, 7) is 4.41. The highest BCUT2D eigenvalue weighted by atomic mass is 28.3. The van der Waals surface area contributed by atoms with E-state index in [1.165, 1.54) is 5.19 Å². The second-order valence-corrected chi connectivity index (χ2v) is 8.10. The SMILES string of the molecule is C[SiH](C)c1cccc(CC(=O)ON2C(=O)CCC2=O)c1. The molecule has 1 fully saturated rings. The van der Waals surface area contributed by atoms with E-state index in [-0.39, 0.29) is 19.3 Å². The Hall–Kier alpha value is -1.95. The molecule has 106 valence electrons. The van der Waals surface area contributed by atoms with Crippen molar-refractivity contribution in [2.75, 3.05) is 0 Å². The molecular formula is C14H17NO4Si. The molecule has 1 aromatic rings. The molecule has 0 spiro atoms. The maximum Gasteiger partial charge on any atom is 0.337 e. The zero-order valence-corrected chi connectivity index (χ0v) is 12.7. The van der Waals surface area contributed by atoms with Gasteiger partial charge in [0.1, 0.15) is 0 Å². The van der Waals surface area contributed by atoms with Gasteiger partial charge in [0.15, 0.2) is 0 Å². The number of hydroxylamine groups is 2. The summed E-state index contributed by atoms with van der Waals surface area (Å²) in [7, 11) is -0.924. The first-order valence-electron chi connectivity index (χ1n) is 6.63. The van der Waals surface area contributed by atoms with Crippen molar-refractivity contribution in [3.63, 3.8) is 0 Å². The first kappa shape index (κ1) is 14.5. The maximum atomic E-state index is 11.8.